The van der Waals surface area contributed by atoms with Gasteiger partial charge in [0.05, 0.1) is 12.1 Å². The first-order valence-electron chi connectivity index (χ1n) is 11.3. The molecule has 0 aliphatic carbocycles. The zero-order valence-electron chi connectivity index (χ0n) is 17.8. The molecule has 1 saturated heterocycles. The topological polar surface area (TPSA) is 37.4 Å². The van der Waals surface area contributed by atoms with Crippen LogP contribution in [-0.4, -0.2) is 11.8 Å². The number of unbranched alkanes of at least 4 members (excludes halogenated alkanes) is 11. The minimum absolute atomic E-state index is 0.112. The van der Waals surface area contributed by atoms with Gasteiger partial charge in [-0.3, -0.25) is 9.59 Å². The summed E-state index contributed by atoms with van der Waals surface area (Å²) in [6, 6.07) is 7.56. The molecule has 1 aromatic rings. The number of aryl methyl sites for hydroxylation is 1. The van der Waals surface area contributed by atoms with Crippen molar-refractivity contribution in [3.05, 3.63) is 41.5 Å². The number of nitrogens with zero attached hydrogens (tertiary/aromatic N) is 1. The molecular weight excluding hydrogens is 346 g/mol. The van der Waals surface area contributed by atoms with Crippen molar-refractivity contribution >= 4 is 17.5 Å². The van der Waals surface area contributed by atoms with E-state index in [1.165, 1.54) is 69.1 Å². The number of carbonyl (C=O) groups excluding carboxylic acids is 2. The molecular formula is C25H37NO2. The maximum Gasteiger partial charge on any atom is 0.261 e. The van der Waals surface area contributed by atoms with E-state index < -0.39 is 0 Å². The SMILES string of the molecule is CCCCCCCCCCCCC/C=C1\CC(=O)N(c2ccc(C)cc2)C1=O. The molecule has 2 rings (SSSR count). The van der Waals surface area contributed by atoms with Crippen LogP contribution in [0.4, 0.5) is 5.69 Å². The van der Waals surface area contributed by atoms with Crippen LogP contribution in [0.15, 0.2) is 35.9 Å². The van der Waals surface area contributed by atoms with Crippen LogP contribution in [0.25, 0.3) is 0 Å². The van der Waals surface area contributed by atoms with Crippen LogP contribution in [0.5, 0.6) is 0 Å². The van der Waals surface area contributed by atoms with Crippen molar-refractivity contribution in [3.63, 3.8) is 0 Å². The van der Waals surface area contributed by atoms with E-state index in [1.807, 2.05) is 37.3 Å². The molecule has 154 valence electrons. The third-order valence-electron chi connectivity index (χ3n) is 5.56. The van der Waals surface area contributed by atoms with Crippen LogP contribution in [-0.2, 0) is 9.59 Å². The van der Waals surface area contributed by atoms with Crippen LogP contribution >= 0.6 is 0 Å². The number of allylic oxidation sites excluding steroid dienone is 1. The van der Waals surface area contributed by atoms with Crippen molar-refractivity contribution in [1.29, 1.82) is 0 Å². The number of rotatable bonds is 13. The van der Waals surface area contributed by atoms with Crippen LogP contribution in [0, 0.1) is 6.92 Å². The van der Waals surface area contributed by atoms with Crippen LogP contribution in [0.1, 0.15) is 96.0 Å². The lowest BCUT2D eigenvalue weighted by Gasteiger charge is -2.13. The number of benzene rings is 1. The molecule has 0 aromatic heterocycles. The van der Waals surface area contributed by atoms with Gasteiger partial charge in [0.2, 0.25) is 5.91 Å². The number of hydrogen-bond acceptors (Lipinski definition) is 2. The van der Waals surface area contributed by atoms with Gasteiger partial charge in [0.15, 0.2) is 0 Å². The lowest BCUT2D eigenvalue weighted by Crippen LogP contribution is -2.28. The molecule has 1 aromatic carbocycles. The van der Waals surface area contributed by atoms with Gasteiger partial charge in [0, 0.05) is 5.57 Å². The molecule has 28 heavy (non-hydrogen) atoms. The van der Waals surface area contributed by atoms with E-state index in [1.54, 1.807) is 0 Å². The summed E-state index contributed by atoms with van der Waals surface area (Å²) in [5.41, 5.74) is 2.46. The molecule has 0 saturated carbocycles. The van der Waals surface area contributed by atoms with Gasteiger partial charge >= 0.3 is 0 Å². The molecule has 3 heteroatoms. The number of hydrogen-bond donors (Lipinski definition) is 0. The molecule has 0 unspecified atom stereocenters. The minimum Gasteiger partial charge on any atom is -0.274 e. The van der Waals surface area contributed by atoms with Gasteiger partial charge in [-0.1, -0.05) is 94.9 Å². The highest BCUT2D eigenvalue weighted by atomic mass is 16.2. The van der Waals surface area contributed by atoms with Crippen molar-refractivity contribution in [2.45, 2.75) is 97.3 Å². The van der Waals surface area contributed by atoms with E-state index >= 15 is 0 Å². The summed E-state index contributed by atoms with van der Waals surface area (Å²) in [6.45, 7) is 4.26. The summed E-state index contributed by atoms with van der Waals surface area (Å²) >= 11 is 0. The predicted octanol–water partition coefficient (Wildman–Crippen LogP) is 6.89. The Morgan fingerprint density at radius 3 is 1.93 bits per heavy atom. The fraction of sp³-hybridized carbons (Fsp3) is 0.600. The van der Waals surface area contributed by atoms with Gasteiger partial charge in [-0.25, -0.2) is 4.90 Å². The van der Waals surface area contributed by atoms with Crippen LogP contribution < -0.4 is 4.90 Å². The number of amides is 2. The van der Waals surface area contributed by atoms with Crippen molar-refractivity contribution in [3.8, 4) is 0 Å². The maximum absolute atomic E-state index is 12.6. The van der Waals surface area contributed by atoms with E-state index in [9.17, 15) is 9.59 Å². The zero-order valence-corrected chi connectivity index (χ0v) is 17.8. The second-order valence-electron chi connectivity index (χ2n) is 8.10. The summed E-state index contributed by atoms with van der Waals surface area (Å²) in [7, 11) is 0. The van der Waals surface area contributed by atoms with Gasteiger partial charge in [0.25, 0.3) is 5.91 Å². The van der Waals surface area contributed by atoms with Crippen LogP contribution in [0.2, 0.25) is 0 Å². The molecule has 0 radical (unpaired) electrons. The van der Waals surface area contributed by atoms with E-state index in [0.717, 1.165) is 18.4 Å². The van der Waals surface area contributed by atoms with Gasteiger partial charge in [0.1, 0.15) is 0 Å². The first-order valence-corrected chi connectivity index (χ1v) is 11.3. The average molecular weight is 384 g/mol. The monoisotopic (exact) mass is 383 g/mol. The highest BCUT2D eigenvalue weighted by Crippen LogP contribution is 2.26. The average Bonchev–Trinajstić information content (AvgIpc) is 2.97. The molecule has 1 aliphatic heterocycles. The Hall–Kier alpha value is -1.90. The molecule has 1 aliphatic rings. The lowest BCUT2D eigenvalue weighted by atomic mass is 10.0. The molecule has 1 fully saturated rings. The summed E-state index contributed by atoms with van der Waals surface area (Å²) in [6.07, 6.45) is 17.7. The minimum atomic E-state index is -0.142. The van der Waals surface area contributed by atoms with Gasteiger partial charge in [-0.2, -0.15) is 0 Å². The molecule has 0 atom stereocenters. The van der Waals surface area contributed by atoms with Gasteiger partial charge in [-0.05, 0) is 31.9 Å². The number of carbonyl (C=O) groups is 2. The standard InChI is InChI=1S/C25H37NO2/c1-3-4-5-6-7-8-9-10-11-12-13-14-15-22-20-24(27)26(25(22)28)23-18-16-21(2)17-19-23/h15-19H,3-14,20H2,1-2H3/b22-15+. The van der Waals surface area contributed by atoms with E-state index in [0.29, 0.717) is 11.3 Å². The van der Waals surface area contributed by atoms with Crippen molar-refractivity contribution in [2.24, 2.45) is 0 Å². The highest BCUT2D eigenvalue weighted by molar-refractivity contribution is 6.28. The van der Waals surface area contributed by atoms with Crippen molar-refractivity contribution in [1.82, 2.24) is 0 Å². The Morgan fingerprint density at radius 1 is 0.821 bits per heavy atom. The predicted molar refractivity (Wildman–Crippen MR) is 117 cm³/mol. The Bertz CT molecular complexity index is 645. The Morgan fingerprint density at radius 2 is 1.36 bits per heavy atom. The van der Waals surface area contributed by atoms with Crippen molar-refractivity contribution in [2.75, 3.05) is 4.90 Å². The third kappa shape index (κ3) is 7.26. The number of anilines is 1. The first-order chi connectivity index (χ1) is 13.6. The quantitative estimate of drug-likeness (QED) is 0.211. The summed E-state index contributed by atoms with van der Waals surface area (Å²) in [4.78, 5) is 26.2. The molecule has 0 N–H and O–H groups in total. The molecule has 1 heterocycles. The highest BCUT2D eigenvalue weighted by Gasteiger charge is 2.34. The summed E-state index contributed by atoms with van der Waals surface area (Å²) in [5.74, 6) is -0.254. The molecule has 0 bridgehead atoms. The van der Waals surface area contributed by atoms with Crippen molar-refractivity contribution < 1.29 is 9.59 Å². The third-order valence-corrected chi connectivity index (χ3v) is 5.56. The van der Waals surface area contributed by atoms with Gasteiger partial charge in [-0.15, -0.1) is 0 Å². The second-order valence-corrected chi connectivity index (χ2v) is 8.10. The fourth-order valence-electron chi connectivity index (χ4n) is 3.77. The normalized spacial score (nSPS) is 15.8. The number of imide groups is 1. The zero-order chi connectivity index (χ0) is 20.2. The first kappa shape index (κ1) is 22.4. The Kier molecular flexibility index (Phi) is 10.0. The second kappa shape index (κ2) is 12.5. The molecule has 0 spiro atoms. The maximum atomic E-state index is 12.6. The fourth-order valence-corrected chi connectivity index (χ4v) is 3.77. The van der Waals surface area contributed by atoms with E-state index in [2.05, 4.69) is 6.92 Å². The smallest absolute Gasteiger partial charge is 0.261 e. The Balaban J connectivity index is 1.61. The summed E-state index contributed by atoms with van der Waals surface area (Å²) < 4.78 is 0. The molecule has 2 amide bonds. The van der Waals surface area contributed by atoms with E-state index in [-0.39, 0.29) is 18.2 Å². The van der Waals surface area contributed by atoms with E-state index in [4.69, 9.17) is 0 Å². The Labute approximate surface area is 171 Å². The lowest BCUT2D eigenvalue weighted by molar-refractivity contribution is -0.120. The largest absolute Gasteiger partial charge is 0.274 e. The van der Waals surface area contributed by atoms with Crippen LogP contribution in [0.3, 0.4) is 0 Å². The van der Waals surface area contributed by atoms with Gasteiger partial charge < -0.3 is 0 Å². The molecule has 3 nitrogen and oxygen atoms in total. The summed E-state index contributed by atoms with van der Waals surface area (Å²) in [5, 5.41) is 0.